The fraction of sp³-hybridized carbons (Fsp3) is 0.333. The Morgan fingerprint density at radius 3 is 2.35 bits per heavy atom. The molecule has 23 heavy (non-hydrogen) atoms. The van der Waals surface area contributed by atoms with Crippen LogP contribution in [0.1, 0.15) is 55.2 Å². The van der Waals surface area contributed by atoms with Gasteiger partial charge in [-0.1, -0.05) is 43.2 Å². The van der Waals surface area contributed by atoms with Crippen molar-refractivity contribution in [2.75, 3.05) is 0 Å². The maximum atomic E-state index is 14.3. The van der Waals surface area contributed by atoms with Gasteiger partial charge >= 0.3 is 58.2 Å². The van der Waals surface area contributed by atoms with Gasteiger partial charge < -0.3 is 0 Å². The molecule has 0 unspecified atom stereocenters. The quantitative estimate of drug-likeness (QED) is 0.529. The molecule has 1 saturated carbocycles. The smallest absolute Gasteiger partial charge is 0.206 e. The average Bonchev–Trinajstić information content (AvgIpc) is 2.55. The fourth-order valence-electron chi connectivity index (χ4n) is 3.09. The zero-order valence-electron chi connectivity index (χ0n) is 13.9. The summed E-state index contributed by atoms with van der Waals surface area (Å²) in [6, 6.07) is 15.9. The van der Waals surface area contributed by atoms with Gasteiger partial charge in [0.2, 0.25) is 0 Å². The standard InChI is InChI=1S/C21H20F.Rb/c1-16-7-10-18(11-8-16)20-14-13-19(21(22)15-20)12-9-17-5-3-2-4-6-17;/h3-6,13-16,18H,7-8,10-11H2,1H3;/q-1;+1. The number of hydrogen-bond donors (Lipinski definition) is 0. The second-order valence-electron chi connectivity index (χ2n) is 6.23. The van der Waals surface area contributed by atoms with Gasteiger partial charge in [-0.25, -0.2) is 4.39 Å². The van der Waals surface area contributed by atoms with E-state index in [1.807, 2.05) is 36.4 Å². The van der Waals surface area contributed by atoms with Crippen LogP contribution in [0.25, 0.3) is 0 Å². The van der Waals surface area contributed by atoms with E-state index in [2.05, 4.69) is 24.8 Å². The predicted molar refractivity (Wildman–Crippen MR) is 88.0 cm³/mol. The normalized spacial score (nSPS) is 20.1. The van der Waals surface area contributed by atoms with Crippen molar-refractivity contribution in [3.05, 3.63) is 71.0 Å². The first-order valence-electron chi connectivity index (χ1n) is 8.00. The summed E-state index contributed by atoms with van der Waals surface area (Å²) in [5, 5.41) is 0. The number of hydrogen-bond acceptors (Lipinski definition) is 0. The molecule has 0 N–H and O–H groups in total. The Morgan fingerprint density at radius 2 is 1.70 bits per heavy atom. The molecule has 1 aliphatic carbocycles. The zero-order valence-corrected chi connectivity index (χ0v) is 18.8. The molecular formula is C21H20FRb. The Morgan fingerprint density at radius 1 is 1.00 bits per heavy atom. The molecule has 1 fully saturated rings. The van der Waals surface area contributed by atoms with Gasteiger partial charge in [0.15, 0.2) is 0 Å². The molecule has 3 rings (SSSR count). The minimum absolute atomic E-state index is 0. The van der Waals surface area contributed by atoms with E-state index in [1.165, 1.54) is 25.7 Å². The van der Waals surface area contributed by atoms with E-state index in [4.69, 9.17) is 0 Å². The molecule has 2 heteroatoms. The molecule has 112 valence electrons. The van der Waals surface area contributed by atoms with Crippen LogP contribution < -0.4 is 58.2 Å². The Balaban J connectivity index is 0.00000192. The minimum atomic E-state index is -0.203. The second-order valence-corrected chi connectivity index (χ2v) is 6.23. The van der Waals surface area contributed by atoms with E-state index in [1.54, 1.807) is 6.07 Å². The molecule has 0 heterocycles. The Kier molecular flexibility index (Phi) is 7.69. The van der Waals surface area contributed by atoms with Crippen LogP contribution in [0, 0.1) is 29.6 Å². The van der Waals surface area contributed by atoms with Crippen molar-refractivity contribution in [2.45, 2.75) is 38.5 Å². The van der Waals surface area contributed by atoms with Gasteiger partial charge in [0, 0.05) is 0 Å². The summed E-state index contributed by atoms with van der Waals surface area (Å²) in [7, 11) is 0. The summed E-state index contributed by atoms with van der Waals surface area (Å²) in [5.41, 5.74) is 2.48. The van der Waals surface area contributed by atoms with Gasteiger partial charge in [-0.2, -0.15) is 30.3 Å². The van der Waals surface area contributed by atoms with Gasteiger partial charge in [-0.05, 0) is 42.4 Å². The largest absolute Gasteiger partial charge is 1.00 e. The molecule has 0 amide bonds. The van der Waals surface area contributed by atoms with Crippen molar-refractivity contribution < 1.29 is 62.6 Å². The van der Waals surface area contributed by atoms with E-state index >= 15 is 0 Å². The van der Waals surface area contributed by atoms with Crippen molar-refractivity contribution in [3.8, 4) is 11.8 Å². The topological polar surface area (TPSA) is 0 Å². The van der Waals surface area contributed by atoms with Crippen LogP contribution in [-0.2, 0) is 0 Å². The molecular weight excluding hydrogens is 357 g/mol. The summed E-state index contributed by atoms with van der Waals surface area (Å²) >= 11 is 0. The average molecular weight is 377 g/mol. The fourth-order valence-corrected chi connectivity index (χ4v) is 3.09. The van der Waals surface area contributed by atoms with Gasteiger partial charge in [-0.3, -0.25) is 0 Å². The first kappa shape index (κ1) is 19.1. The van der Waals surface area contributed by atoms with Crippen LogP contribution in [0.15, 0.2) is 42.5 Å². The molecule has 0 bridgehead atoms. The van der Waals surface area contributed by atoms with Crippen LogP contribution in [0.2, 0.25) is 0 Å². The molecule has 0 saturated heterocycles. The van der Waals surface area contributed by atoms with Crippen molar-refractivity contribution in [1.29, 1.82) is 0 Å². The van der Waals surface area contributed by atoms with Gasteiger partial charge in [0.05, 0.1) is 5.56 Å². The Hall–Kier alpha value is -0.265. The monoisotopic (exact) mass is 376 g/mol. The van der Waals surface area contributed by atoms with Crippen molar-refractivity contribution in [2.24, 2.45) is 5.92 Å². The number of rotatable bonds is 1. The molecule has 0 aliphatic heterocycles. The first-order chi connectivity index (χ1) is 10.7. The SMILES string of the molecule is CC1CCC(c2ccc(C#Cc3cc[c-]cc3)c(F)c2)CC1.[Rb+]. The molecule has 0 radical (unpaired) electrons. The summed E-state index contributed by atoms with van der Waals surface area (Å²) in [4.78, 5) is 0. The van der Waals surface area contributed by atoms with Crippen LogP contribution in [-0.4, -0.2) is 0 Å². The van der Waals surface area contributed by atoms with E-state index in [9.17, 15) is 4.39 Å². The van der Waals surface area contributed by atoms with E-state index in [0.29, 0.717) is 11.5 Å². The Bertz CT molecular complexity index is 689. The number of benzene rings is 2. The third kappa shape index (κ3) is 5.36. The summed E-state index contributed by atoms with van der Waals surface area (Å²) in [6.45, 7) is 2.30. The van der Waals surface area contributed by atoms with Crippen LogP contribution >= 0.6 is 0 Å². The Labute approximate surface area is 187 Å². The van der Waals surface area contributed by atoms with Crippen LogP contribution in [0.4, 0.5) is 4.39 Å². The summed E-state index contributed by atoms with van der Waals surface area (Å²) < 4.78 is 14.3. The minimum Gasteiger partial charge on any atom is -0.206 e. The van der Waals surface area contributed by atoms with Crippen molar-refractivity contribution >= 4 is 0 Å². The number of halogens is 1. The van der Waals surface area contributed by atoms with E-state index in [0.717, 1.165) is 17.0 Å². The first-order valence-corrected chi connectivity index (χ1v) is 8.00. The van der Waals surface area contributed by atoms with Crippen molar-refractivity contribution in [1.82, 2.24) is 0 Å². The molecule has 1 aliphatic rings. The molecule has 2 aromatic rings. The summed E-state index contributed by atoms with van der Waals surface area (Å²) in [6.07, 6.45) is 4.84. The molecule has 0 nitrogen and oxygen atoms in total. The van der Waals surface area contributed by atoms with Crippen LogP contribution in [0.5, 0.6) is 0 Å². The molecule has 2 aromatic carbocycles. The van der Waals surface area contributed by atoms with Crippen LogP contribution in [0.3, 0.4) is 0 Å². The third-order valence-corrected chi connectivity index (χ3v) is 4.54. The third-order valence-electron chi connectivity index (χ3n) is 4.54. The van der Waals surface area contributed by atoms with Gasteiger partial charge in [0.25, 0.3) is 0 Å². The molecule has 0 spiro atoms. The maximum Gasteiger partial charge on any atom is 1.00 e. The molecule has 0 aromatic heterocycles. The van der Waals surface area contributed by atoms with Crippen molar-refractivity contribution in [3.63, 3.8) is 0 Å². The molecule has 0 atom stereocenters. The van der Waals surface area contributed by atoms with E-state index < -0.39 is 0 Å². The zero-order chi connectivity index (χ0) is 15.4. The summed E-state index contributed by atoms with van der Waals surface area (Å²) in [5.74, 6) is 7.05. The van der Waals surface area contributed by atoms with Gasteiger partial charge in [-0.15, -0.1) is 0 Å². The maximum absolute atomic E-state index is 14.3. The van der Waals surface area contributed by atoms with E-state index in [-0.39, 0.29) is 64.0 Å². The predicted octanol–water partition coefficient (Wildman–Crippen LogP) is 2.32. The van der Waals surface area contributed by atoms with Gasteiger partial charge in [0.1, 0.15) is 5.82 Å². The second kappa shape index (κ2) is 9.28.